The van der Waals surface area contributed by atoms with E-state index in [9.17, 15) is 0 Å². The van der Waals surface area contributed by atoms with Crippen LogP contribution in [0.4, 0.5) is 0 Å². The van der Waals surface area contributed by atoms with E-state index >= 15 is 0 Å². The zero-order chi connectivity index (χ0) is 14.2. The molecule has 4 rings (SSSR count). The molecule has 2 aliphatic heterocycles. The number of fused-ring (bicyclic) bond motifs is 1. The lowest BCUT2D eigenvalue weighted by atomic mass is 10.0. The maximum atomic E-state index is 4.57. The molecule has 6 heteroatoms. The first-order valence-corrected chi connectivity index (χ1v) is 7.38. The minimum Gasteiger partial charge on any atom is -0.316 e. The third kappa shape index (κ3) is 2.13. The number of H-pyrrole nitrogens is 1. The van der Waals surface area contributed by atoms with Crippen molar-refractivity contribution in [3.05, 3.63) is 65.9 Å². The molecule has 0 aliphatic carbocycles. The van der Waals surface area contributed by atoms with Crippen LogP contribution >= 0.6 is 12.1 Å². The highest BCUT2D eigenvalue weighted by molar-refractivity contribution is 7.95. The molecule has 2 N–H and O–H groups in total. The zero-order valence-corrected chi connectivity index (χ0v) is 12.2. The zero-order valence-electron chi connectivity index (χ0n) is 11.4. The summed E-state index contributed by atoms with van der Waals surface area (Å²) in [7, 11) is 0. The summed E-state index contributed by atoms with van der Waals surface area (Å²) in [6.07, 6.45) is 10.1. The number of hydrogen-bond donors (Lipinski definition) is 2. The number of aryl methyl sites for hydroxylation is 1. The molecule has 0 unspecified atom stereocenters. The molecule has 0 bridgehead atoms. The molecule has 104 valence electrons. The van der Waals surface area contributed by atoms with Gasteiger partial charge in [0.1, 0.15) is 0 Å². The summed E-state index contributed by atoms with van der Waals surface area (Å²) in [4.78, 5) is 4.57. The average Bonchev–Trinajstić information content (AvgIpc) is 3.15. The van der Waals surface area contributed by atoms with Crippen molar-refractivity contribution in [2.45, 2.75) is 6.92 Å². The Morgan fingerprint density at radius 2 is 2.24 bits per heavy atom. The van der Waals surface area contributed by atoms with Crippen LogP contribution in [-0.2, 0) is 0 Å². The van der Waals surface area contributed by atoms with Gasteiger partial charge in [0.2, 0.25) is 0 Å². The van der Waals surface area contributed by atoms with Gasteiger partial charge in [-0.15, -0.1) is 0 Å². The Hall–Kier alpha value is -2.47. The second kappa shape index (κ2) is 4.82. The van der Waals surface area contributed by atoms with Gasteiger partial charge in [-0.3, -0.25) is 14.4 Å². The summed E-state index contributed by atoms with van der Waals surface area (Å²) < 4.78 is 5.21. The van der Waals surface area contributed by atoms with Gasteiger partial charge in [0, 0.05) is 23.7 Å². The predicted molar refractivity (Wildman–Crippen MR) is 84.3 cm³/mol. The minimum atomic E-state index is 0.909. The summed E-state index contributed by atoms with van der Waals surface area (Å²) in [5.74, 6) is 0. The molecular weight excluding hydrogens is 282 g/mol. The number of allylic oxidation sites excluding steroid dienone is 3. The average molecular weight is 295 g/mol. The first-order chi connectivity index (χ1) is 10.3. The summed E-state index contributed by atoms with van der Waals surface area (Å²) in [6, 6.07) is 5.99. The topological polar surface area (TPSA) is 56.8 Å². The van der Waals surface area contributed by atoms with E-state index in [1.807, 2.05) is 43.7 Å². The van der Waals surface area contributed by atoms with Gasteiger partial charge >= 0.3 is 0 Å². The van der Waals surface area contributed by atoms with Crippen LogP contribution < -0.4 is 4.72 Å². The van der Waals surface area contributed by atoms with Crippen molar-refractivity contribution >= 4 is 17.7 Å². The molecule has 0 spiro atoms. The second-order valence-electron chi connectivity index (χ2n) is 4.84. The number of aromatic nitrogens is 3. The molecule has 0 saturated carbocycles. The number of nitrogens with one attached hydrogen (secondary N) is 2. The van der Waals surface area contributed by atoms with Crippen LogP contribution in [0.15, 0.2) is 54.6 Å². The van der Waals surface area contributed by atoms with Crippen LogP contribution in [0.1, 0.15) is 11.3 Å². The number of hydrogen-bond acceptors (Lipinski definition) is 5. The summed E-state index contributed by atoms with van der Waals surface area (Å²) >= 11 is 1.55. The molecule has 2 aliphatic rings. The summed E-state index contributed by atoms with van der Waals surface area (Å²) in [5, 5.41) is 7.26. The van der Waals surface area contributed by atoms with Crippen LogP contribution in [0.2, 0.25) is 0 Å². The van der Waals surface area contributed by atoms with Crippen LogP contribution in [0.5, 0.6) is 0 Å². The molecule has 0 atom stereocenters. The fraction of sp³-hybridized carbons (Fsp3) is 0.0667. The highest BCUT2D eigenvalue weighted by Gasteiger charge is 2.19. The van der Waals surface area contributed by atoms with E-state index < -0.39 is 0 Å². The Morgan fingerprint density at radius 3 is 3.14 bits per heavy atom. The number of rotatable bonds is 2. The molecule has 5 nitrogen and oxygen atoms in total. The van der Waals surface area contributed by atoms with Gasteiger partial charge < -0.3 is 4.72 Å². The van der Waals surface area contributed by atoms with E-state index in [4.69, 9.17) is 0 Å². The first kappa shape index (κ1) is 12.3. The number of aromatic amines is 1. The Kier molecular flexibility index (Phi) is 2.82. The lowest BCUT2D eigenvalue weighted by Crippen LogP contribution is -2.06. The molecule has 2 aromatic heterocycles. The van der Waals surface area contributed by atoms with Gasteiger partial charge in [0.15, 0.2) is 0 Å². The van der Waals surface area contributed by atoms with E-state index in [0.29, 0.717) is 0 Å². The molecule has 2 aromatic rings. The fourth-order valence-corrected chi connectivity index (χ4v) is 3.01. The van der Waals surface area contributed by atoms with Gasteiger partial charge in [0.25, 0.3) is 0 Å². The molecule has 0 aromatic carbocycles. The second-order valence-corrected chi connectivity index (χ2v) is 5.65. The normalized spacial score (nSPS) is 16.3. The highest BCUT2D eigenvalue weighted by Crippen LogP contribution is 2.34. The Balaban J connectivity index is 1.78. The third-order valence-electron chi connectivity index (χ3n) is 3.40. The Labute approximate surface area is 126 Å². The first-order valence-electron chi connectivity index (χ1n) is 6.61. The van der Waals surface area contributed by atoms with Crippen molar-refractivity contribution < 1.29 is 0 Å². The van der Waals surface area contributed by atoms with Gasteiger partial charge in [-0.25, -0.2) is 0 Å². The molecule has 0 amide bonds. The van der Waals surface area contributed by atoms with Crippen molar-refractivity contribution in [1.82, 2.24) is 24.2 Å². The van der Waals surface area contributed by atoms with E-state index in [1.54, 1.807) is 12.1 Å². The van der Waals surface area contributed by atoms with Crippen molar-refractivity contribution in [2.24, 2.45) is 0 Å². The van der Waals surface area contributed by atoms with Gasteiger partial charge in [-0.05, 0) is 36.8 Å². The van der Waals surface area contributed by atoms with Crippen molar-refractivity contribution in [3.8, 4) is 11.4 Å². The molecule has 0 saturated heterocycles. The Morgan fingerprint density at radius 1 is 1.29 bits per heavy atom. The van der Waals surface area contributed by atoms with Gasteiger partial charge in [0.05, 0.1) is 35.4 Å². The third-order valence-corrected chi connectivity index (χ3v) is 4.15. The van der Waals surface area contributed by atoms with Crippen LogP contribution in [0.25, 0.3) is 17.0 Å². The van der Waals surface area contributed by atoms with Crippen molar-refractivity contribution in [2.75, 3.05) is 0 Å². The predicted octanol–water partition coefficient (Wildman–Crippen LogP) is 3.00. The van der Waals surface area contributed by atoms with Crippen molar-refractivity contribution in [3.63, 3.8) is 0 Å². The summed E-state index contributed by atoms with van der Waals surface area (Å²) in [6.45, 7) is 1.99. The van der Waals surface area contributed by atoms with Crippen molar-refractivity contribution in [1.29, 1.82) is 0 Å². The molecular formula is C15H13N5S. The minimum absolute atomic E-state index is 0.909. The molecule has 0 fully saturated rings. The van der Waals surface area contributed by atoms with E-state index in [0.717, 1.165) is 33.9 Å². The van der Waals surface area contributed by atoms with Crippen LogP contribution in [-0.4, -0.2) is 19.5 Å². The fourth-order valence-electron chi connectivity index (χ4n) is 2.39. The standard InChI is InChI=1S/C15H13N5S/c1-10-3-2-4-14(18-10)15-13(9-16-19-15)11-5-6-20-12(7-11)8-17-21-20/h2-9,17H,1H3,(H,16,19). The maximum Gasteiger partial charge on any atom is 0.0912 e. The number of pyridine rings is 1. The maximum absolute atomic E-state index is 4.57. The number of nitrogens with zero attached hydrogens (tertiary/aromatic N) is 3. The van der Waals surface area contributed by atoms with Crippen LogP contribution in [0.3, 0.4) is 0 Å². The van der Waals surface area contributed by atoms with Gasteiger partial charge in [-0.2, -0.15) is 5.10 Å². The van der Waals surface area contributed by atoms with E-state index in [2.05, 4.69) is 36.4 Å². The summed E-state index contributed by atoms with van der Waals surface area (Å²) in [5.41, 5.74) is 6.15. The Bertz CT molecular complexity index is 787. The highest BCUT2D eigenvalue weighted by atomic mass is 32.2. The van der Waals surface area contributed by atoms with Gasteiger partial charge in [-0.1, -0.05) is 6.07 Å². The molecule has 0 radical (unpaired) electrons. The SMILES string of the molecule is Cc1cccc(-c2[nH]ncc2C2=CC3=CNSN3C=C2)n1. The molecule has 21 heavy (non-hydrogen) atoms. The molecule has 4 heterocycles. The largest absolute Gasteiger partial charge is 0.316 e. The van der Waals surface area contributed by atoms with E-state index in [1.165, 1.54) is 0 Å². The quantitative estimate of drug-likeness (QED) is 0.834. The lowest BCUT2D eigenvalue weighted by Gasteiger charge is -2.17. The lowest BCUT2D eigenvalue weighted by molar-refractivity contribution is 0.809. The smallest absolute Gasteiger partial charge is 0.0912 e. The van der Waals surface area contributed by atoms with E-state index in [-0.39, 0.29) is 0 Å². The van der Waals surface area contributed by atoms with Crippen LogP contribution in [0, 0.1) is 6.92 Å². The monoisotopic (exact) mass is 295 g/mol.